The van der Waals surface area contributed by atoms with Gasteiger partial charge in [-0.3, -0.25) is 0 Å². The molecule has 0 atom stereocenters. The SMILES string of the molecule is N#Cc1ccc(S(=O)(=O)C2CNC2)cn1. The van der Waals surface area contributed by atoms with Crippen molar-refractivity contribution >= 4 is 9.84 Å². The Morgan fingerprint density at radius 3 is 2.60 bits per heavy atom. The quantitative estimate of drug-likeness (QED) is 0.744. The van der Waals surface area contributed by atoms with E-state index in [1.54, 1.807) is 0 Å². The van der Waals surface area contributed by atoms with Crippen molar-refractivity contribution in [3.8, 4) is 6.07 Å². The predicted molar refractivity (Wildman–Crippen MR) is 52.8 cm³/mol. The largest absolute Gasteiger partial charge is 0.314 e. The first-order valence-electron chi connectivity index (χ1n) is 4.45. The molecule has 2 heterocycles. The van der Waals surface area contributed by atoms with Gasteiger partial charge in [0, 0.05) is 19.3 Å². The molecule has 78 valence electrons. The summed E-state index contributed by atoms with van der Waals surface area (Å²) in [5.74, 6) is 0. The third-order valence-electron chi connectivity index (χ3n) is 2.36. The van der Waals surface area contributed by atoms with Crippen LogP contribution in [0.25, 0.3) is 0 Å². The summed E-state index contributed by atoms with van der Waals surface area (Å²) in [5.41, 5.74) is 0.223. The van der Waals surface area contributed by atoms with Crippen molar-refractivity contribution in [3.63, 3.8) is 0 Å². The van der Waals surface area contributed by atoms with Crippen molar-refractivity contribution < 1.29 is 8.42 Å². The molecule has 0 unspecified atom stereocenters. The first kappa shape index (κ1) is 10.1. The van der Waals surface area contributed by atoms with E-state index in [1.165, 1.54) is 18.3 Å². The number of hydrogen-bond donors (Lipinski definition) is 1. The van der Waals surface area contributed by atoms with Gasteiger partial charge >= 0.3 is 0 Å². The van der Waals surface area contributed by atoms with Crippen LogP contribution in [0.15, 0.2) is 23.2 Å². The zero-order chi connectivity index (χ0) is 10.9. The van der Waals surface area contributed by atoms with Crippen LogP contribution in [0, 0.1) is 11.3 Å². The topological polar surface area (TPSA) is 82.8 Å². The molecule has 0 spiro atoms. The lowest BCUT2D eigenvalue weighted by Crippen LogP contribution is -2.51. The molecule has 2 rings (SSSR count). The fourth-order valence-electron chi connectivity index (χ4n) is 1.29. The molecule has 0 aromatic carbocycles. The van der Waals surface area contributed by atoms with Gasteiger partial charge in [0.1, 0.15) is 11.8 Å². The van der Waals surface area contributed by atoms with Crippen molar-refractivity contribution in [2.75, 3.05) is 13.1 Å². The normalized spacial score (nSPS) is 16.7. The third-order valence-corrected chi connectivity index (χ3v) is 4.47. The monoisotopic (exact) mass is 223 g/mol. The van der Waals surface area contributed by atoms with Gasteiger partial charge in [-0.05, 0) is 12.1 Å². The molecule has 1 N–H and O–H groups in total. The Morgan fingerprint density at radius 2 is 2.20 bits per heavy atom. The summed E-state index contributed by atoms with van der Waals surface area (Å²) < 4.78 is 23.7. The van der Waals surface area contributed by atoms with Crippen LogP contribution in [0.4, 0.5) is 0 Å². The Morgan fingerprint density at radius 1 is 1.47 bits per heavy atom. The highest BCUT2D eigenvalue weighted by molar-refractivity contribution is 7.92. The van der Waals surface area contributed by atoms with Gasteiger partial charge in [-0.2, -0.15) is 5.26 Å². The van der Waals surface area contributed by atoms with Crippen molar-refractivity contribution in [2.24, 2.45) is 0 Å². The van der Waals surface area contributed by atoms with Crippen molar-refractivity contribution in [1.82, 2.24) is 10.3 Å². The van der Waals surface area contributed by atoms with Crippen LogP contribution in [-0.4, -0.2) is 31.7 Å². The Kier molecular flexibility index (Phi) is 2.42. The number of sulfone groups is 1. The van der Waals surface area contributed by atoms with Gasteiger partial charge in [0.15, 0.2) is 9.84 Å². The number of pyridine rings is 1. The van der Waals surface area contributed by atoms with E-state index in [4.69, 9.17) is 5.26 Å². The lowest BCUT2D eigenvalue weighted by molar-refractivity contribution is 0.495. The number of nitriles is 1. The molecule has 0 bridgehead atoms. The molecule has 15 heavy (non-hydrogen) atoms. The first-order chi connectivity index (χ1) is 7.14. The molecule has 1 aliphatic rings. The van der Waals surface area contributed by atoms with E-state index in [1.807, 2.05) is 6.07 Å². The predicted octanol–water partition coefficient (Wildman–Crippen LogP) is -0.301. The molecular formula is C9H9N3O2S. The van der Waals surface area contributed by atoms with Crippen LogP contribution < -0.4 is 5.32 Å². The van der Waals surface area contributed by atoms with E-state index in [0.29, 0.717) is 13.1 Å². The molecule has 0 saturated carbocycles. The van der Waals surface area contributed by atoms with Crippen molar-refractivity contribution in [1.29, 1.82) is 5.26 Å². The summed E-state index contributed by atoms with van der Waals surface area (Å²) in [6, 6.07) is 4.69. The maximum Gasteiger partial charge on any atom is 0.185 e. The van der Waals surface area contributed by atoms with Gasteiger partial charge in [-0.25, -0.2) is 13.4 Å². The van der Waals surface area contributed by atoms with Gasteiger partial charge in [0.25, 0.3) is 0 Å². The van der Waals surface area contributed by atoms with E-state index >= 15 is 0 Å². The van der Waals surface area contributed by atoms with Gasteiger partial charge in [0.05, 0.1) is 10.1 Å². The van der Waals surface area contributed by atoms with E-state index < -0.39 is 9.84 Å². The van der Waals surface area contributed by atoms with E-state index in [-0.39, 0.29) is 15.8 Å². The number of nitrogens with one attached hydrogen (secondary N) is 1. The smallest absolute Gasteiger partial charge is 0.185 e. The van der Waals surface area contributed by atoms with Crippen LogP contribution >= 0.6 is 0 Å². The van der Waals surface area contributed by atoms with Gasteiger partial charge < -0.3 is 5.32 Å². The summed E-state index contributed by atoms with van der Waals surface area (Å²) in [6.45, 7) is 0.977. The molecule has 1 aromatic rings. The fraction of sp³-hybridized carbons (Fsp3) is 0.333. The van der Waals surface area contributed by atoms with Crippen molar-refractivity contribution in [2.45, 2.75) is 10.1 Å². The molecule has 1 fully saturated rings. The molecule has 0 radical (unpaired) electrons. The highest BCUT2D eigenvalue weighted by Crippen LogP contribution is 2.17. The number of rotatable bonds is 2. The van der Waals surface area contributed by atoms with Crippen LogP contribution in [0.3, 0.4) is 0 Å². The molecule has 6 heteroatoms. The van der Waals surface area contributed by atoms with Crippen LogP contribution in [0.1, 0.15) is 5.69 Å². The second-order valence-electron chi connectivity index (χ2n) is 3.32. The van der Waals surface area contributed by atoms with Gasteiger partial charge in [0.2, 0.25) is 0 Å². The maximum atomic E-state index is 11.9. The lowest BCUT2D eigenvalue weighted by atomic mass is 10.3. The number of aromatic nitrogens is 1. The summed E-state index contributed by atoms with van der Waals surface area (Å²) in [6.07, 6.45) is 1.24. The van der Waals surface area contributed by atoms with E-state index in [9.17, 15) is 8.42 Å². The summed E-state index contributed by atoms with van der Waals surface area (Å²) in [4.78, 5) is 3.93. The Hall–Kier alpha value is -1.45. The molecule has 1 aliphatic heterocycles. The lowest BCUT2D eigenvalue weighted by Gasteiger charge is -2.26. The Bertz CT molecular complexity index is 497. The molecule has 0 amide bonds. The molecule has 5 nitrogen and oxygen atoms in total. The highest BCUT2D eigenvalue weighted by Gasteiger charge is 2.32. The minimum absolute atomic E-state index is 0.188. The third kappa shape index (κ3) is 1.71. The van der Waals surface area contributed by atoms with Crippen LogP contribution in [-0.2, 0) is 9.84 Å². The summed E-state index contributed by atoms with van der Waals surface area (Å²) in [7, 11) is -3.26. The number of hydrogen-bond acceptors (Lipinski definition) is 5. The Balaban J connectivity index is 2.33. The average molecular weight is 223 g/mol. The first-order valence-corrected chi connectivity index (χ1v) is 6.00. The standard InChI is InChI=1S/C9H9N3O2S/c10-3-7-1-2-8(6-12-7)15(13,14)9-4-11-5-9/h1-2,6,9,11H,4-5H2. The summed E-state index contributed by atoms with van der Waals surface area (Å²) in [5, 5.41) is 11.1. The molecular weight excluding hydrogens is 214 g/mol. The van der Waals surface area contributed by atoms with E-state index in [0.717, 1.165) is 0 Å². The fourth-order valence-corrected chi connectivity index (χ4v) is 2.81. The average Bonchev–Trinajstić information content (AvgIpc) is 2.14. The molecule has 1 aromatic heterocycles. The van der Waals surface area contributed by atoms with Gasteiger partial charge in [-0.15, -0.1) is 0 Å². The van der Waals surface area contributed by atoms with Gasteiger partial charge in [-0.1, -0.05) is 0 Å². The number of nitrogens with zero attached hydrogens (tertiary/aromatic N) is 2. The van der Waals surface area contributed by atoms with Crippen molar-refractivity contribution in [3.05, 3.63) is 24.0 Å². The highest BCUT2D eigenvalue weighted by atomic mass is 32.2. The zero-order valence-corrected chi connectivity index (χ0v) is 8.66. The summed E-state index contributed by atoms with van der Waals surface area (Å²) >= 11 is 0. The minimum atomic E-state index is -3.26. The van der Waals surface area contributed by atoms with Crippen LogP contribution in [0.5, 0.6) is 0 Å². The molecule has 0 aliphatic carbocycles. The second-order valence-corrected chi connectivity index (χ2v) is 5.54. The van der Waals surface area contributed by atoms with Crippen LogP contribution in [0.2, 0.25) is 0 Å². The van der Waals surface area contributed by atoms with E-state index in [2.05, 4.69) is 10.3 Å². The maximum absolute atomic E-state index is 11.9. The zero-order valence-electron chi connectivity index (χ0n) is 7.84. The Labute approximate surface area is 87.7 Å². The minimum Gasteiger partial charge on any atom is -0.314 e. The second kappa shape index (κ2) is 3.61. The molecule has 1 saturated heterocycles.